The number of hydrogen-bond donors (Lipinski definition) is 4. The van der Waals surface area contributed by atoms with E-state index in [1.54, 1.807) is 25.3 Å². The number of aromatic nitrogens is 2. The maximum absolute atomic E-state index is 14.7. The number of fused-ring (bicyclic) bond motifs is 1. The van der Waals surface area contributed by atoms with Crippen molar-refractivity contribution in [3.05, 3.63) is 64.0 Å². The molecule has 0 spiro atoms. The average Bonchev–Trinajstić information content (AvgIpc) is 2.96. The van der Waals surface area contributed by atoms with E-state index < -0.39 is 29.8 Å². The molecule has 11 nitrogen and oxygen atoms in total. The Bertz CT molecular complexity index is 1370. The van der Waals surface area contributed by atoms with Gasteiger partial charge in [-0.1, -0.05) is 12.1 Å². The van der Waals surface area contributed by atoms with Gasteiger partial charge in [0.15, 0.2) is 17.4 Å². The Hall–Kier alpha value is -4.03. The quantitative estimate of drug-likeness (QED) is 0.286. The molecule has 1 fully saturated rings. The van der Waals surface area contributed by atoms with Crippen molar-refractivity contribution in [1.82, 2.24) is 20.6 Å². The second-order valence-electron chi connectivity index (χ2n) is 9.22. The first kappa shape index (κ1) is 28.0. The second kappa shape index (κ2) is 13.2. The van der Waals surface area contributed by atoms with Crippen molar-refractivity contribution in [2.75, 3.05) is 33.5 Å². The highest BCUT2D eigenvalue weighted by Gasteiger charge is 2.23. The molecule has 1 aromatic heterocycles. The van der Waals surface area contributed by atoms with E-state index in [2.05, 4.69) is 20.6 Å². The zero-order chi connectivity index (χ0) is 27.8. The number of nitrogens with zero attached hydrogens (tertiary/aromatic N) is 1. The van der Waals surface area contributed by atoms with Crippen LogP contribution in [-0.4, -0.2) is 66.5 Å². The van der Waals surface area contributed by atoms with Crippen LogP contribution in [0.15, 0.2) is 41.2 Å². The number of H-pyrrole nitrogens is 1. The van der Waals surface area contributed by atoms with Gasteiger partial charge in [0, 0.05) is 19.7 Å². The van der Waals surface area contributed by atoms with Crippen LogP contribution in [0.2, 0.25) is 0 Å². The predicted octanol–water partition coefficient (Wildman–Crippen LogP) is 1.67. The van der Waals surface area contributed by atoms with Crippen LogP contribution in [0.1, 0.15) is 35.4 Å². The highest BCUT2D eigenvalue weighted by Crippen LogP contribution is 2.27. The molecule has 2 amide bonds. The van der Waals surface area contributed by atoms with Crippen molar-refractivity contribution < 1.29 is 33.3 Å². The first-order valence-corrected chi connectivity index (χ1v) is 12.6. The van der Waals surface area contributed by atoms with Crippen molar-refractivity contribution >= 4 is 22.7 Å². The van der Waals surface area contributed by atoms with Gasteiger partial charge < -0.3 is 34.9 Å². The predicted molar refractivity (Wildman–Crippen MR) is 139 cm³/mol. The molecular weight excluding hydrogens is 511 g/mol. The standard InChI is InChI=1S/C27H31FN4O7/c1-37-18-4-2-3-17(11-18)12-30-27(36)25-31-21-8-7-20(28)24(23(21)26(35)32-25)38-10-9-16-5-6-19(39-15-16)13-29-22(34)14-33/h2-4,7-8,11,16,19,33H,5-6,9-10,12-15H2,1H3,(H,29,34)(H,30,36)(H,31,32,35). The first-order valence-electron chi connectivity index (χ1n) is 12.6. The van der Waals surface area contributed by atoms with Crippen LogP contribution in [0, 0.1) is 11.7 Å². The number of aromatic amines is 1. The number of carbonyl (C=O) groups excluding carboxylic acids is 2. The number of benzene rings is 2. The molecule has 12 heteroatoms. The molecule has 3 aromatic rings. The van der Waals surface area contributed by atoms with Crippen LogP contribution in [0.3, 0.4) is 0 Å². The molecule has 2 heterocycles. The minimum absolute atomic E-state index is 0.0704. The summed E-state index contributed by atoms with van der Waals surface area (Å²) in [5.41, 5.74) is 0.251. The lowest BCUT2D eigenvalue weighted by Crippen LogP contribution is -2.38. The van der Waals surface area contributed by atoms with Crippen LogP contribution in [-0.2, 0) is 16.1 Å². The van der Waals surface area contributed by atoms with E-state index in [-0.39, 0.29) is 47.7 Å². The molecule has 0 radical (unpaired) electrons. The number of aliphatic hydroxyl groups excluding tert-OH is 1. The minimum atomic E-state index is -0.704. The molecular formula is C27H31FN4O7. The molecule has 4 rings (SSSR count). The van der Waals surface area contributed by atoms with Crippen LogP contribution in [0.5, 0.6) is 11.5 Å². The highest BCUT2D eigenvalue weighted by molar-refractivity contribution is 5.93. The van der Waals surface area contributed by atoms with Crippen molar-refractivity contribution in [3.63, 3.8) is 0 Å². The topological polar surface area (TPSA) is 152 Å². The van der Waals surface area contributed by atoms with Gasteiger partial charge in [-0.2, -0.15) is 0 Å². The monoisotopic (exact) mass is 542 g/mol. The molecule has 1 aliphatic heterocycles. The van der Waals surface area contributed by atoms with E-state index >= 15 is 0 Å². The number of aliphatic hydroxyl groups is 1. The third-order valence-corrected chi connectivity index (χ3v) is 6.49. The number of amides is 2. The van der Waals surface area contributed by atoms with Gasteiger partial charge in [0.25, 0.3) is 11.5 Å². The molecule has 2 unspecified atom stereocenters. The fraction of sp³-hybridized carbons (Fsp3) is 0.407. The summed E-state index contributed by atoms with van der Waals surface area (Å²) in [5, 5.41) is 14.0. The third-order valence-electron chi connectivity index (χ3n) is 6.49. The van der Waals surface area contributed by atoms with E-state index in [1.807, 2.05) is 6.07 Å². The number of carbonyl (C=O) groups is 2. The van der Waals surface area contributed by atoms with Gasteiger partial charge in [-0.3, -0.25) is 14.4 Å². The lowest BCUT2D eigenvalue weighted by atomic mass is 9.95. The number of halogens is 1. The SMILES string of the molecule is COc1cccc(CNC(=O)c2nc3ccc(F)c(OCCC4CCC(CNC(=O)CO)OC4)c3c(=O)[nH]2)c1. The second-order valence-corrected chi connectivity index (χ2v) is 9.22. The molecule has 39 heavy (non-hydrogen) atoms. The number of nitrogens with one attached hydrogen (secondary N) is 3. The lowest BCUT2D eigenvalue weighted by Gasteiger charge is -2.29. The van der Waals surface area contributed by atoms with Crippen LogP contribution < -0.4 is 25.7 Å². The summed E-state index contributed by atoms with van der Waals surface area (Å²) in [6.45, 7) is 0.573. The molecule has 2 atom stereocenters. The molecule has 1 saturated heterocycles. The molecule has 0 bridgehead atoms. The fourth-order valence-electron chi connectivity index (χ4n) is 4.34. The molecule has 4 N–H and O–H groups in total. The minimum Gasteiger partial charge on any atom is -0.497 e. The molecule has 2 aromatic carbocycles. The van der Waals surface area contributed by atoms with Crippen molar-refractivity contribution in [2.45, 2.75) is 31.9 Å². The number of ether oxygens (including phenoxy) is 3. The van der Waals surface area contributed by atoms with Crippen LogP contribution >= 0.6 is 0 Å². The molecule has 0 aliphatic carbocycles. The Morgan fingerprint density at radius 3 is 2.82 bits per heavy atom. The summed E-state index contributed by atoms with van der Waals surface area (Å²) in [5.74, 6) is -1.33. The van der Waals surface area contributed by atoms with Crippen molar-refractivity contribution in [3.8, 4) is 11.5 Å². The maximum Gasteiger partial charge on any atom is 0.287 e. The molecule has 208 valence electrons. The average molecular weight is 543 g/mol. The van der Waals surface area contributed by atoms with Gasteiger partial charge in [-0.05, 0) is 55.0 Å². The first-order chi connectivity index (χ1) is 18.9. The number of methoxy groups -OCH3 is 1. The van der Waals surface area contributed by atoms with Crippen molar-refractivity contribution in [1.29, 1.82) is 0 Å². The normalized spacial score (nSPS) is 17.0. The largest absolute Gasteiger partial charge is 0.497 e. The summed E-state index contributed by atoms with van der Waals surface area (Å²) in [6, 6.07) is 9.66. The van der Waals surface area contributed by atoms with Gasteiger partial charge >= 0.3 is 0 Å². The van der Waals surface area contributed by atoms with Gasteiger partial charge in [0.2, 0.25) is 5.91 Å². The highest BCUT2D eigenvalue weighted by atomic mass is 19.1. The summed E-state index contributed by atoms with van der Waals surface area (Å²) in [4.78, 5) is 43.3. The molecule has 0 saturated carbocycles. The Balaban J connectivity index is 1.35. The fourth-order valence-corrected chi connectivity index (χ4v) is 4.34. The summed E-state index contributed by atoms with van der Waals surface area (Å²) >= 11 is 0. The van der Waals surface area contributed by atoms with Crippen molar-refractivity contribution in [2.24, 2.45) is 5.92 Å². The zero-order valence-corrected chi connectivity index (χ0v) is 21.5. The Morgan fingerprint density at radius 2 is 2.08 bits per heavy atom. The Morgan fingerprint density at radius 1 is 1.23 bits per heavy atom. The molecule has 1 aliphatic rings. The van der Waals surface area contributed by atoms with E-state index in [9.17, 15) is 18.8 Å². The zero-order valence-electron chi connectivity index (χ0n) is 21.5. The third kappa shape index (κ3) is 7.30. The number of rotatable bonds is 11. The van der Waals surface area contributed by atoms with Gasteiger partial charge in [-0.25, -0.2) is 9.37 Å². The van der Waals surface area contributed by atoms with E-state index in [4.69, 9.17) is 19.3 Å². The van der Waals surface area contributed by atoms with Gasteiger partial charge in [0.05, 0.1) is 25.3 Å². The van der Waals surface area contributed by atoms with Crippen LogP contribution in [0.25, 0.3) is 10.9 Å². The summed E-state index contributed by atoms with van der Waals surface area (Å²) < 4.78 is 31.3. The Kier molecular flexibility index (Phi) is 9.45. The van der Waals surface area contributed by atoms with Crippen LogP contribution in [0.4, 0.5) is 4.39 Å². The number of hydrogen-bond acceptors (Lipinski definition) is 8. The van der Waals surface area contributed by atoms with E-state index in [1.165, 1.54) is 6.07 Å². The Labute approximate surface area is 223 Å². The van der Waals surface area contributed by atoms with Gasteiger partial charge in [0.1, 0.15) is 17.7 Å². The smallest absolute Gasteiger partial charge is 0.287 e. The maximum atomic E-state index is 14.7. The summed E-state index contributed by atoms with van der Waals surface area (Å²) in [7, 11) is 1.55. The van der Waals surface area contributed by atoms with E-state index in [0.717, 1.165) is 24.5 Å². The van der Waals surface area contributed by atoms with Gasteiger partial charge in [-0.15, -0.1) is 0 Å². The van der Waals surface area contributed by atoms with E-state index in [0.29, 0.717) is 25.3 Å². The lowest BCUT2D eigenvalue weighted by molar-refractivity contribution is -0.124. The summed E-state index contributed by atoms with van der Waals surface area (Å²) in [6.07, 6.45) is 2.00.